The molecule has 2 aromatic heterocycles. The number of carbonyl (C=O) groups is 1. The Morgan fingerprint density at radius 3 is 2.88 bits per heavy atom. The number of aryl methyl sites for hydroxylation is 2. The quantitative estimate of drug-likeness (QED) is 0.432. The van der Waals surface area contributed by atoms with Crippen LogP contribution in [0.3, 0.4) is 0 Å². The van der Waals surface area contributed by atoms with Crippen molar-refractivity contribution in [1.82, 2.24) is 20.1 Å². The first-order chi connectivity index (χ1) is 15.5. The van der Waals surface area contributed by atoms with Crippen LogP contribution in [0.25, 0.3) is 10.9 Å². The second kappa shape index (κ2) is 8.59. The summed E-state index contributed by atoms with van der Waals surface area (Å²) in [6.45, 7) is 0.924. The molecule has 164 valence electrons. The number of hydrogen-bond acceptors (Lipinski definition) is 3. The number of anilines is 1. The number of carbonyl (C=O) groups excluding carboxylic acids is 1. The molecule has 1 amide bonds. The molecule has 0 aliphatic heterocycles. The van der Waals surface area contributed by atoms with Crippen molar-refractivity contribution in [2.75, 3.05) is 11.9 Å². The molecule has 6 nitrogen and oxygen atoms in total. The number of aromatic amines is 1. The summed E-state index contributed by atoms with van der Waals surface area (Å²) in [4.78, 5) is 16.1. The van der Waals surface area contributed by atoms with E-state index in [0.717, 1.165) is 48.8 Å². The standard InChI is InChI=1S/C25H26FN5O/c1-31-15-16(14-28-31)10-11-27-19-6-8-23-21(12-19)22-13-20(7-9-24(22)30-23)29-25(32)17-2-4-18(26)5-3-17/h2-5,7,9,13-15,19,27,30H,6,8,10-12H2,1H3,(H,29,32). The molecule has 4 aromatic rings. The van der Waals surface area contributed by atoms with Crippen molar-refractivity contribution >= 4 is 22.5 Å². The molecule has 1 aliphatic carbocycles. The van der Waals surface area contributed by atoms with Crippen LogP contribution >= 0.6 is 0 Å². The number of nitrogens with zero attached hydrogens (tertiary/aromatic N) is 2. The topological polar surface area (TPSA) is 74.7 Å². The zero-order chi connectivity index (χ0) is 22.1. The first-order valence-electron chi connectivity index (χ1n) is 11.0. The summed E-state index contributed by atoms with van der Waals surface area (Å²) in [5, 5.41) is 12.0. The van der Waals surface area contributed by atoms with Gasteiger partial charge in [0.05, 0.1) is 6.20 Å². The normalized spacial score (nSPS) is 15.6. The summed E-state index contributed by atoms with van der Waals surface area (Å²) < 4.78 is 15.0. The molecule has 0 saturated heterocycles. The molecule has 5 rings (SSSR count). The van der Waals surface area contributed by atoms with Gasteiger partial charge in [0.2, 0.25) is 0 Å². The van der Waals surface area contributed by atoms with Gasteiger partial charge in [0, 0.05) is 47.1 Å². The average molecular weight is 432 g/mol. The average Bonchev–Trinajstić information content (AvgIpc) is 3.37. The SMILES string of the molecule is Cn1cc(CCNC2CCc3[nH]c4ccc(NC(=O)c5ccc(F)cc5)cc4c3C2)cn1. The van der Waals surface area contributed by atoms with Crippen molar-refractivity contribution in [1.29, 1.82) is 0 Å². The van der Waals surface area contributed by atoms with Gasteiger partial charge in [0.15, 0.2) is 0 Å². The molecule has 0 saturated carbocycles. The lowest BCUT2D eigenvalue weighted by molar-refractivity contribution is 0.102. The monoisotopic (exact) mass is 431 g/mol. The van der Waals surface area contributed by atoms with Gasteiger partial charge in [-0.3, -0.25) is 9.48 Å². The van der Waals surface area contributed by atoms with Crippen molar-refractivity contribution in [3.05, 3.63) is 83.1 Å². The molecule has 0 bridgehead atoms. The minimum Gasteiger partial charge on any atom is -0.358 e. The van der Waals surface area contributed by atoms with Gasteiger partial charge in [0.25, 0.3) is 5.91 Å². The summed E-state index contributed by atoms with van der Waals surface area (Å²) in [6.07, 6.45) is 8.00. The molecule has 1 unspecified atom stereocenters. The predicted octanol–water partition coefficient (Wildman–Crippen LogP) is 3.98. The number of nitrogens with one attached hydrogen (secondary N) is 3. The first-order valence-corrected chi connectivity index (χ1v) is 11.0. The number of hydrogen-bond donors (Lipinski definition) is 3. The number of benzene rings is 2. The van der Waals surface area contributed by atoms with Crippen LogP contribution in [0.1, 0.15) is 33.6 Å². The van der Waals surface area contributed by atoms with E-state index >= 15 is 0 Å². The fraction of sp³-hybridized carbons (Fsp3) is 0.280. The Morgan fingerprint density at radius 2 is 2.09 bits per heavy atom. The van der Waals surface area contributed by atoms with Crippen molar-refractivity contribution < 1.29 is 9.18 Å². The van der Waals surface area contributed by atoms with Gasteiger partial charge in [0.1, 0.15) is 5.82 Å². The molecule has 2 heterocycles. The zero-order valence-electron chi connectivity index (χ0n) is 18.0. The largest absolute Gasteiger partial charge is 0.358 e. The second-order valence-corrected chi connectivity index (χ2v) is 8.47. The minimum absolute atomic E-state index is 0.247. The second-order valence-electron chi connectivity index (χ2n) is 8.47. The van der Waals surface area contributed by atoms with E-state index in [0.29, 0.717) is 11.6 Å². The van der Waals surface area contributed by atoms with Crippen molar-refractivity contribution in [2.24, 2.45) is 7.05 Å². The Balaban J connectivity index is 1.28. The summed E-state index contributed by atoms with van der Waals surface area (Å²) in [6, 6.07) is 11.9. The summed E-state index contributed by atoms with van der Waals surface area (Å²) in [5.41, 5.74) is 6.10. The fourth-order valence-corrected chi connectivity index (χ4v) is 4.50. The highest BCUT2D eigenvalue weighted by molar-refractivity contribution is 6.05. The molecular formula is C25H26FN5O. The molecule has 2 aromatic carbocycles. The van der Waals surface area contributed by atoms with Crippen LogP contribution in [0.15, 0.2) is 54.9 Å². The van der Waals surface area contributed by atoms with Gasteiger partial charge in [-0.2, -0.15) is 5.10 Å². The van der Waals surface area contributed by atoms with Gasteiger partial charge in [-0.25, -0.2) is 4.39 Å². The molecule has 0 radical (unpaired) electrons. The number of fused-ring (bicyclic) bond motifs is 3. The van der Waals surface area contributed by atoms with E-state index in [1.165, 1.54) is 41.1 Å². The van der Waals surface area contributed by atoms with E-state index < -0.39 is 0 Å². The van der Waals surface area contributed by atoms with Crippen molar-refractivity contribution in [3.63, 3.8) is 0 Å². The molecule has 3 N–H and O–H groups in total. The maximum absolute atomic E-state index is 13.1. The summed E-state index contributed by atoms with van der Waals surface area (Å²) in [5.74, 6) is -0.603. The molecule has 1 aliphatic rings. The maximum Gasteiger partial charge on any atom is 0.255 e. The fourth-order valence-electron chi connectivity index (χ4n) is 4.50. The Morgan fingerprint density at radius 1 is 1.25 bits per heavy atom. The number of H-pyrrole nitrogens is 1. The van der Waals surface area contributed by atoms with Gasteiger partial charge in [-0.1, -0.05) is 0 Å². The summed E-state index contributed by atoms with van der Waals surface area (Å²) in [7, 11) is 1.94. The highest BCUT2D eigenvalue weighted by Gasteiger charge is 2.22. The van der Waals surface area contributed by atoms with Crippen LogP contribution in [-0.2, 0) is 26.3 Å². The number of rotatable bonds is 6. The van der Waals surface area contributed by atoms with Crippen molar-refractivity contribution in [2.45, 2.75) is 31.7 Å². The van der Waals surface area contributed by atoms with Gasteiger partial charge < -0.3 is 15.6 Å². The number of amides is 1. The minimum atomic E-state index is -0.356. The third-order valence-electron chi connectivity index (χ3n) is 6.16. The zero-order valence-corrected chi connectivity index (χ0v) is 18.0. The van der Waals surface area contributed by atoms with Crippen molar-refractivity contribution in [3.8, 4) is 0 Å². The van der Waals surface area contributed by atoms with Gasteiger partial charge >= 0.3 is 0 Å². The van der Waals surface area contributed by atoms with E-state index in [1.807, 2.05) is 36.1 Å². The summed E-state index contributed by atoms with van der Waals surface area (Å²) >= 11 is 0. The smallest absolute Gasteiger partial charge is 0.255 e. The van der Waals surface area contributed by atoms with E-state index in [-0.39, 0.29) is 11.7 Å². The highest BCUT2D eigenvalue weighted by atomic mass is 19.1. The van der Waals surface area contributed by atoms with Crippen LogP contribution < -0.4 is 10.6 Å². The molecule has 0 spiro atoms. The highest BCUT2D eigenvalue weighted by Crippen LogP contribution is 2.31. The lowest BCUT2D eigenvalue weighted by atomic mass is 9.91. The first kappa shape index (κ1) is 20.5. The third kappa shape index (κ3) is 4.29. The Labute approximate surface area is 185 Å². The van der Waals surface area contributed by atoms with Crippen LogP contribution in [0.4, 0.5) is 10.1 Å². The Bertz CT molecular complexity index is 1260. The molecule has 1 atom stereocenters. The van der Waals surface area contributed by atoms with E-state index in [9.17, 15) is 9.18 Å². The van der Waals surface area contributed by atoms with Crippen LogP contribution in [-0.4, -0.2) is 33.3 Å². The van der Waals surface area contributed by atoms with Crippen LogP contribution in [0.5, 0.6) is 0 Å². The molecular weight excluding hydrogens is 405 g/mol. The van der Waals surface area contributed by atoms with Gasteiger partial charge in [-0.05, 0) is 85.8 Å². The molecule has 7 heteroatoms. The Hall–Kier alpha value is -3.45. The predicted molar refractivity (Wildman–Crippen MR) is 123 cm³/mol. The van der Waals surface area contributed by atoms with Crippen LogP contribution in [0.2, 0.25) is 0 Å². The molecule has 32 heavy (non-hydrogen) atoms. The lowest BCUT2D eigenvalue weighted by Gasteiger charge is -2.23. The van der Waals surface area contributed by atoms with E-state index in [4.69, 9.17) is 0 Å². The molecule has 0 fully saturated rings. The third-order valence-corrected chi connectivity index (χ3v) is 6.16. The number of aromatic nitrogens is 3. The van der Waals surface area contributed by atoms with Gasteiger partial charge in [-0.15, -0.1) is 0 Å². The van der Waals surface area contributed by atoms with E-state index in [1.54, 1.807) is 0 Å². The lowest BCUT2D eigenvalue weighted by Crippen LogP contribution is -2.35. The number of halogens is 1. The van der Waals surface area contributed by atoms with Crippen LogP contribution in [0, 0.1) is 5.82 Å². The van der Waals surface area contributed by atoms with E-state index in [2.05, 4.69) is 26.9 Å². The maximum atomic E-state index is 13.1. The Kier molecular flexibility index (Phi) is 5.49.